The molecular formula is C56H64N8O6. The first-order chi connectivity index (χ1) is 34.2. The van der Waals surface area contributed by atoms with E-state index in [4.69, 9.17) is 0 Å². The van der Waals surface area contributed by atoms with Gasteiger partial charge in [-0.15, -0.1) is 0 Å². The highest BCUT2D eigenvalue weighted by atomic mass is 16.2. The monoisotopic (exact) mass is 944 g/mol. The summed E-state index contributed by atoms with van der Waals surface area (Å²) in [5, 5.41) is 7.07. The van der Waals surface area contributed by atoms with Gasteiger partial charge in [-0.25, -0.2) is 0 Å². The van der Waals surface area contributed by atoms with Gasteiger partial charge in [-0.05, 0) is 124 Å². The number of allylic oxidation sites excluding steroid dienone is 14. The Morgan fingerprint density at radius 2 is 0.900 bits per heavy atom. The minimum absolute atomic E-state index is 0.0220. The highest BCUT2D eigenvalue weighted by Crippen LogP contribution is 2.38. The molecule has 0 radical (unpaired) electrons. The zero-order chi connectivity index (χ0) is 48.1. The van der Waals surface area contributed by atoms with Crippen LogP contribution in [-0.2, 0) is 9.59 Å². The van der Waals surface area contributed by atoms with Gasteiger partial charge < -0.3 is 30.2 Å². The number of hydrogen-bond acceptors (Lipinski definition) is 10. The number of imide groups is 2. The third-order valence-electron chi connectivity index (χ3n) is 15.2. The lowest BCUT2D eigenvalue weighted by molar-refractivity contribution is -0.118. The summed E-state index contributed by atoms with van der Waals surface area (Å²) in [5.41, 5.74) is 7.56. The number of rotatable bonds is 20. The molecule has 10 rings (SSSR count). The topological polar surface area (TPSA) is 146 Å². The van der Waals surface area contributed by atoms with E-state index in [1.54, 1.807) is 24.3 Å². The number of hydrogen-bond donors (Lipinski definition) is 2. The number of amides is 6. The van der Waals surface area contributed by atoms with Gasteiger partial charge in [0.1, 0.15) is 0 Å². The molecule has 14 heteroatoms. The van der Waals surface area contributed by atoms with E-state index in [1.165, 1.54) is 15.4 Å². The van der Waals surface area contributed by atoms with E-state index in [9.17, 15) is 28.8 Å². The molecule has 6 amide bonds. The summed E-state index contributed by atoms with van der Waals surface area (Å²) in [6.07, 6.45) is 27.0. The Hall–Kier alpha value is -6.32. The van der Waals surface area contributed by atoms with Crippen molar-refractivity contribution in [3.8, 4) is 0 Å². The van der Waals surface area contributed by atoms with Crippen molar-refractivity contribution in [3.63, 3.8) is 0 Å². The second-order valence-corrected chi connectivity index (χ2v) is 19.5. The first kappa shape index (κ1) is 47.4. The van der Waals surface area contributed by atoms with Gasteiger partial charge in [0, 0.05) is 123 Å². The van der Waals surface area contributed by atoms with Crippen LogP contribution in [0.15, 0.2) is 118 Å². The Morgan fingerprint density at radius 1 is 0.471 bits per heavy atom. The minimum Gasteiger partial charge on any atom is -0.352 e. The normalized spacial score (nSPS) is 20.6. The number of nitrogens with one attached hydrogen (secondary N) is 2. The third-order valence-corrected chi connectivity index (χ3v) is 15.2. The molecule has 0 spiro atoms. The molecule has 2 aromatic carbocycles. The van der Waals surface area contributed by atoms with Crippen LogP contribution in [0.5, 0.6) is 0 Å². The van der Waals surface area contributed by atoms with Crippen molar-refractivity contribution < 1.29 is 28.8 Å². The molecule has 70 heavy (non-hydrogen) atoms. The highest BCUT2D eigenvalue weighted by molar-refractivity contribution is 6.33. The summed E-state index contributed by atoms with van der Waals surface area (Å²) in [5.74, 6) is -1.52. The minimum atomic E-state index is -0.393. The van der Waals surface area contributed by atoms with E-state index in [0.717, 1.165) is 132 Å². The molecule has 364 valence electrons. The van der Waals surface area contributed by atoms with Crippen molar-refractivity contribution in [1.29, 1.82) is 0 Å². The van der Waals surface area contributed by atoms with Gasteiger partial charge in [-0.1, -0.05) is 60.8 Å². The maximum atomic E-state index is 13.9. The van der Waals surface area contributed by atoms with Gasteiger partial charge in [-0.2, -0.15) is 0 Å². The standard InChI is InChI=1S/C56H64N8O6/c65-51(43-17-5-15-41(43)39-11-1-2-12-39)57-23-7-25-59-31-35-61(36-32-59)27-9-29-63-53(67)45-19-21-47-50-48(22-20-46(49(45)50)54(63)68)56(70)64(55(47)69)30-10-28-62-37-33-60(34-38-62)26-8-24-58-52(66)44-18-6-16-42(44)40-13-3-4-14-40/h1-3,5-6,11,13-16,19-22H,4,7-10,12,17-18,23-38H2,(H,57,65)(H,58,66). The summed E-state index contributed by atoms with van der Waals surface area (Å²) in [4.78, 5) is 93.9. The van der Waals surface area contributed by atoms with Crippen molar-refractivity contribution >= 4 is 46.2 Å². The summed E-state index contributed by atoms with van der Waals surface area (Å²) in [6, 6.07) is 6.60. The van der Waals surface area contributed by atoms with Crippen LogP contribution in [-0.4, -0.2) is 170 Å². The van der Waals surface area contributed by atoms with Crippen LogP contribution in [0.25, 0.3) is 10.8 Å². The lowest BCUT2D eigenvalue weighted by atomic mass is 9.86. The lowest BCUT2D eigenvalue weighted by Crippen LogP contribution is -2.48. The zero-order valence-corrected chi connectivity index (χ0v) is 40.2. The van der Waals surface area contributed by atoms with Gasteiger partial charge in [0.25, 0.3) is 23.6 Å². The molecule has 2 N–H and O–H groups in total. The smallest absolute Gasteiger partial charge is 0.261 e. The molecule has 0 bridgehead atoms. The first-order valence-electron chi connectivity index (χ1n) is 25.5. The van der Waals surface area contributed by atoms with E-state index in [2.05, 4.69) is 84.9 Å². The van der Waals surface area contributed by atoms with Crippen LogP contribution in [0.2, 0.25) is 0 Å². The van der Waals surface area contributed by atoms with E-state index in [0.29, 0.717) is 71.8 Å². The molecular weight excluding hydrogens is 881 g/mol. The van der Waals surface area contributed by atoms with Crippen molar-refractivity contribution in [1.82, 2.24) is 40.0 Å². The van der Waals surface area contributed by atoms with Crippen molar-refractivity contribution in [2.75, 3.05) is 105 Å². The first-order valence-corrected chi connectivity index (χ1v) is 25.5. The van der Waals surface area contributed by atoms with Gasteiger partial charge in [-0.3, -0.25) is 38.6 Å². The Morgan fingerprint density at radius 3 is 1.31 bits per heavy atom. The average molecular weight is 945 g/mol. The number of nitrogens with zero attached hydrogens (tertiary/aromatic N) is 6. The van der Waals surface area contributed by atoms with Gasteiger partial charge in [0.15, 0.2) is 0 Å². The number of piperazine rings is 2. The number of carbonyl (C=O) groups excluding carboxylic acids is 6. The van der Waals surface area contributed by atoms with E-state index in [-0.39, 0.29) is 24.9 Å². The maximum absolute atomic E-state index is 13.9. The molecule has 14 nitrogen and oxygen atoms in total. The van der Waals surface area contributed by atoms with E-state index in [1.807, 2.05) is 6.08 Å². The fourth-order valence-electron chi connectivity index (χ4n) is 11.3. The fourth-order valence-corrected chi connectivity index (χ4v) is 11.3. The van der Waals surface area contributed by atoms with Crippen molar-refractivity contribution in [3.05, 3.63) is 141 Å². The largest absolute Gasteiger partial charge is 0.352 e. The molecule has 2 saturated heterocycles. The molecule has 2 aromatic rings. The Labute approximate surface area is 410 Å². The average Bonchev–Trinajstić information content (AvgIpc) is 4.24. The molecule has 0 unspecified atom stereocenters. The lowest BCUT2D eigenvalue weighted by Gasteiger charge is -2.36. The van der Waals surface area contributed by atoms with E-state index >= 15 is 0 Å². The molecule has 4 heterocycles. The van der Waals surface area contributed by atoms with Crippen molar-refractivity contribution in [2.24, 2.45) is 0 Å². The summed E-state index contributed by atoms with van der Waals surface area (Å²) < 4.78 is 0. The van der Waals surface area contributed by atoms with Gasteiger partial charge in [0.05, 0.1) is 0 Å². The summed E-state index contributed by atoms with van der Waals surface area (Å²) >= 11 is 0. The van der Waals surface area contributed by atoms with Crippen molar-refractivity contribution in [2.45, 2.75) is 51.4 Å². The highest BCUT2D eigenvalue weighted by Gasteiger charge is 2.39. The van der Waals surface area contributed by atoms with E-state index < -0.39 is 23.6 Å². The van der Waals surface area contributed by atoms with Crippen LogP contribution in [0, 0.1) is 0 Å². The Balaban J connectivity index is 0.638. The molecule has 8 aliphatic rings. The molecule has 0 saturated carbocycles. The second-order valence-electron chi connectivity index (χ2n) is 19.5. The Bertz CT molecular complexity index is 2670. The quantitative estimate of drug-likeness (QED) is 0.132. The summed E-state index contributed by atoms with van der Waals surface area (Å²) in [6.45, 7) is 12.4. The number of benzene rings is 2. The van der Waals surface area contributed by atoms with Crippen LogP contribution < -0.4 is 10.6 Å². The van der Waals surface area contributed by atoms with Gasteiger partial charge >= 0.3 is 0 Å². The molecule has 4 aliphatic heterocycles. The Kier molecular flexibility index (Phi) is 14.4. The third kappa shape index (κ3) is 9.87. The summed E-state index contributed by atoms with van der Waals surface area (Å²) in [7, 11) is 0. The molecule has 0 aromatic heterocycles. The van der Waals surface area contributed by atoms with Crippen LogP contribution in [0.4, 0.5) is 0 Å². The SMILES string of the molecule is O=C(NCCCN1CCN(CCCN2C(=O)c3ccc4c5c(ccc(c35)C2=O)C(=O)N(CCCN2CCN(CCCNC(=O)C3=C(C5=CC=CC5)C=CC3)CC2)C4=O)CC1)C1=C(C2=CCC=C2)C=CC1. The zero-order valence-electron chi connectivity index (χ0n) is 40.2. The predicted molar refractivity (Wildman–Crippen MR) is 270 cm³/mol. The molecule has 2 fully saturated rings. The number of carbonyl (C=O) groups is 6. The molecule has 0 atom stereocenters. The van der Waals surface area contributed by atoms with Crippen LogP contribution in [0.1, 0.15) is 92.8 Å². The predicted octanol–water partition coefficient (Wildman–Crippen LogP) is 5.35. The second kappa shape index (κ2) is 21.4. The van der Waals surface area contributed by atoms with Gasteiger partial charge in [0.2, 0.25) is 11.8 Å². The van der Waals surface area contributed by atoms with Crippen LogP contribution in [0.3, 0.4) is 0 Å². The fraction of sp³-hybridized carbons (Fsp3) is 0.429. The van der Waals surface area contributed by atoms with Crippen LogP contribution >= 0.6 is 0 Å². The molecule has 4 aliphatic carbocycles. The maximum Gasteiger partial charge on any atom is 0.261 e.